The SMILES string of the molecule is CS(=O)(=O)N1CCN(C(=O)c2ccc(NS(=O)(=O)c3ccccc3)cc2)CC1. The highest BCUT2D eigenvalue weighted by atomic mass is 32.2. The third kappa shape index (κ3) is 4.70. The summed E-state index contributed by atoms with van der Waals surface area (Å²) >= 11 is 0. The lowest BCUT2D eigenvalue weighted by Crippen LogP contribution is -2.50. The van der Waals surface area contributed by atoms with E-state index < -0.39 is 20.0 Å². The van der Waals surface area contributed by atoms with E-state index in [-0.39, 0.29) is 23.9 Å². The number of benzene rings is 2. The first kappa shape index (κ1) is 20.3. The minimum atomic E-state index is -3.69. The second-order valence-electron chi connectivity index (χ2n) is 6.45. The molecule has 28 heavy (non-hydrogen) atoms. The molecule has 8 nitrogen and oxygen atoms in total. The highest BCUT2D eigenvalue weighted by Crippen LogP contribution is 2.18. The maximum atomic E-state index is 12.6. The number of piperazine rings is 1. The molecular weight excluding hydrogens is 402 g/mol. The van der Waals surface area contributed by atoms with Crippen molar-refractivity contribution in [3.05, 3.63) is 60.2 Å². The Morgan fingerprint density at radius 3 is 1.96 bits per heavy atom. The van der Waals surface area contributed by atoms with Crippen molar-refractivity contribution in [2.75, 3.05) is 37.2 Å². The van der Waals surface area contributed by atoms with Gasteiger partial charge in [0, 0.05) is 37.4 Å². The van der Waals surface area contributed by atoms with Gasteiger partial charge < -0.3 is 4.90 Å². The van der Waals surface area contributed by atoms with Crippen LogP contribution in [0.3, 0.4) is 0 Å². The molecule has 0 aliphatic carbocycles. The number of rotatable bonds is 5. The first-order valence-electron chi connectivity index (χ1n) is 8.59. The van der Waals surface area contributed by atoms with E-state index in [0.29, 0.717) is 24.3 Å². The molecular formula is C18H21N3O5S2. The van der Waals surface area contributed by atoms with Gasteiger partial charge in [0.05, 0.1) is 11.2 Å². The number of anilines is 1. The van der Waals surface area contributed by atoms with Gasteiger partial charge in [-0.1, -0.05) is 18.2 Å². The van der Waals surface area contributed by atoms with Gasteiger partial charge in [-0.3, -0.25) is 9.52 Å². The number of amides is 1. The van der Waals surface area contributed by atoms with Crippen LogP contribution in [0.2, 0.25) is 0 Å². The maximum absolute atomic E-state index is 12.6. The second kappa shape index (κ2) is 7.90. The normalized spacial score (nSPS) is 16.0. The van der Waals surface area contributed by atoms with E-state index in [4.69, 9.17) is 0 Å². The Labute approximate surface area is 164 Å². The molecule has 3 rings (SSSR count). The zero-order valence-electron chi connectivity index (χ0n) is 15.3. The average Bonchev–Trinajstić information content (AvgIpc) is 2.68. The van der Waals surface area contributed by atoms with Crippen molar-refractivity contribution in [1.29, 1.82) is 0 Å². The zero-order valence-corrected chi connectivity index (χ0v) is 16.9. The van der Waals surface area contributed by atoms with Crippen molar-refractivity contribution in [2.45, 2.75) is 4.90 Å². The smallest absolute Gasteiger partial charge is 0.261 e. The van der Waals surface area contributed by atoms with Gasteiger partial charge in [0.1, 0.15) is 0 Å². The molecule has 1 saturated heterocycles. The topological polar surface area (TPSA) is 104 Å². The summed E-state index contributed by atoms with van der Waals surface area (Å²) in [7, 11) is -6.95. The molecule has 1 N–H and O–H groups in total. The van der Waals surface area contributed by atoms with Crippen molar-refractivity contribution in [2.24, 2.45) is 0 Å². The van der Waals surface area contributed by atoms with Crippen LogP contribution in [0.5, 0.6) is 0 Å². The number of sulfonamides is 2. The van der Waals surface area contributed by atoms with Gasteiger partial charge in [-0.2, -0.15) is 4.31 Å². The van der Waals surface area contributed by atoms with Gasteiger partial charge >= 0.3 is 0 Å². The molecule has 1 aliphatic rings. The van der Waals surface area contributed by atoms with Crippen molar-refractivity contribution in [3.8, 4) is 0 Å². The minimum Gasteiger partial charge on any atom is -0.336 e. The summed E-state index contributed by atoms with van der Waals surface area (Å²) < 4.78 is 51.6. The van der Waals surface area contributed by atoms with E-state index in [9.17, 15) is 21.6 Å². The number of hydrogen-bond donors (Lipinski definition) is 1. The molecule has 2 aromatic rings. The molecule has 1 heterocycles. The summed E-state index contributed by atoms with van der Waals surface area (Å²) in [5.74, 6) is -0.217. The first-order chi connectivity index (χ1) is 13.2. The van der Waals surface area contributed by atoms with Crippen LogP contribution >= 0.6 is 0 Å². The minimum absolute atomic E-state index is 0.152. The third-order valence-corrected chi connectivity index (χ3v) is 7.13. The largest absolute Gasteiger partial charge is 0.336 e. The number of carbonyl (C=O) groups excluding carboxylic acids is 1. The summed E-state index contributed by atoms with van der Waals surface area (Å²) in [4.78, 5) is 14.3. The van der Waals surface area contributed by atoms with Gasteiger partial charge in [-0.25, -0.2) is 16.8 Å². The number of hydrogen-bond acceptors (Lipinski definition) is 5. The van der Waals surface area contributed by atoms with Crippen LogP contribution in [0.1, 0.15) is 10.4 Å². The van der Waals surface area contributed by atoms with E-state index in [0.717, 1.165) is 6.26 Å². The standard InChI is InChI=1S/C18H21N3O5S2/c1-27(23,24)21-13-11-20(12-14-21)18(22)15-7-9-16(10-8-15)19-28(25,26)17-5-3-2-4-6-17/h2-10,19H,11-14H2,1H3. The molecule has 0 aromatic heterocycles. The average molecular weight is 424 g/mol. The van der Waals surface area contributed by atoms with E-state index in [1.807, 2.05) is 0 Å². The van der Waals surface area contributed by atoms with Crippen LogP contribution in [0.15, 0.2) is 59.5 Å². The fourth-order valence-electron chi connectivity index (χ4n) is 2.90. The Bertz CT molecular complexity index is 1040. The highest BCUT2D eigenvalue weighted by molar-refractivity contribution is 7.92. The molecule has 1 aliphatic heterocycles. The summed E-state index contributed by atoms with van der Waals surface area (Å²) in [5, 5.41) is 0. The Morgan fingerprint density at radius 2 is 1.43 bits per heavy atom. The quantitative estimate of drug-likeness (QED) is 0.778. The van der Waals surface area contributed by atoms with Gasteiger partial charge in [0.25, 0.3) is 15.9 Å². The monoisotopic (exact) mass is 423 g/mol. The van der Waals surface area contributed by atoms with Crippen molar-refractivity contribution in [3.63, 3.8) is 0 Å². The fourth-order valence-corrected chi connectivity index (χ4v) is 4.81. The molecule has 0 unspecified atom stereocenters. The van der Waals surface area contributed by atoms with E-state index >= 15 is 0 Å². The van der Waals surface area contributed by atoms with Gasteiger partial charge in [0.2, 0.25) is 10.0 Å². The second-order valence-corrected chi connectivity index (χ2v) is 10.1. The zero-order chi connectivity index (χ0) is 20.4. The maximum Gasteiger partial charge on any atom is 0.261 e. The first-order valence-corrected chi connectivity index (χ1v) is 11.9. The van der Waals surface area contributed by atoms with E-state index in [1.54, 1.807) is 35.2 Å². The molecule has 1 amide bonds. The predicted octanol–water partition coefficient (Wildman–Crippen LogP) is 1.20. The summed E-state index contributed by atoms with van der Waals surface area (Å²) in [6, 6.07) is 14.2. The van der Waals surface area contributed by atoms with Crippen molar-refractivity contribution < 1.29 is 21.6 Å². The van der Waals surface area contributed by atoms with Gasteiger partial charge in [-0.05, 0) is 36.4 Å². The van der Waals surface area contributed by atoms with Crippen LogP contribution in [-0.2, 0) is 20.0 Å². The third-order valence-electron chi connectivity index (χ3n) is 4.43. The van der Waals surface area contributed by atoms with Crippen LogP contribution < -0.4 is 4.72 Å². The molecule has 1 fully saturated rings. The summed E-state index contributed by atoms with van der Waals surface area (Å²) in [6.45, 7) is 1.15. The summed E-state index contributed by atoms with van der Waals surface area (Å²) in [5.41, 5.74) is 0.762. The molecule has 2 aromatic carbocycles. The Morgan fingerprint density at radius 1 is 0.857 bits per heavy atom. The Balaban J connectivity index is 1.65. The Kier molecular flexibility index (Phi) is 5.73. The van der Waals surface area contributed by atoms with Gasteiger partial charge in [0.15, 0.2) is 0 Å². The van der Waals surface area contributed by atoms with Crippen molar-refractivity contribution >= 4 is 31.6 Å². The van der Waals surface area contributed by atoms with Crippen LogP contribution in [-0.4, -0.2) is 64.4 Å². The molecule has 0 bridgehead atoms. The van der Waals surface area contributed by atoms with Crippen LogP contribution in [0.4, 0.5) is 5.69 Å². The lowest BCUT2D eigenvalue weighted by molar-refractivity contribution is 0.0698. The molecule has 0 atom stereocenters. The molecule has 150 valence electrons. The van der Waals surface area contributed by atoms with Gasteiger partial charge in [-0.15, -0.1) is 0 Å². The molecule has 0 saturated carbocycles. The molecule has 10 heteroatoms. The van der Waals surface area contributed by atoms with E-state index in [1.165, 1.54) is 28.6 Å². The summed E-state index contributed by atoms with van der Waals surface area (Å²) in [6.07, 6.45) is 1.15. The lowest BCUT2D eigenvalue weighted by atomic mass is 10.1. The molecule has 0 radical (unpaired) electrons. The Hall–Kier alpha value is -2.43. The fraction of sp³-hybridized carbons (Fsp3) is 0.278. The lowest BCUT2D eigenvalue weighted by Gasteiger charge is -2.33. The highest BCUT2D eigenvalue weighted by Gasteiger charge is 2.26. The van der Waals surface area contributed by atoms with Crippen molar-refractivity contribution in [1.82, 2.24) is 9.21 Å². The number of nitrogens with one attached hydrogen (secondary N) is 1. The number of nitrogens with zero attached hydrogens (tertiary/aromatic N) is 2. The molecule has 0 spiro atoms. The number of carbonyl (C=O) groups is 1. The predicted molar refractivity (Wildman–Crippen MR) is 106 cm³/mol. The van der Waals surface area contributed by atoms with E-state index in [2.05, 4.69) is 4.72 Å². The van der Waals surface area contributed by atoms with Crippen LogP contribution in [0.25, 0.3) is 0 Å². The van der Waals surface area contributed by atoms with Crippen LogP contribution in [0, 0.1) is 0 Å².